The van der Waals surface area contributed by atoms with Gasteiger partial charge in [-0.1, -0.05) is 43.2 Å². The SMILES string of the molecule is CCCCOC(=O)c1ccc(NC(=O)c2cc3cc(N(Cc4ccc(C)cc4)S(C)(=O)=O)ccc3s2)cc1. The molecule has 1 N–H and O–H groups in total. The molecule has 3 aromatic carbocycles. The number of anilines is 2. The minimum Gasteiger partial charge on any atom is -0.462 e. The molecule has 7 nitrogen and oxygen atoms in total. The first-order chi connectivity index (χ1) is 18.1. The lowest BCUT2D eigenvalue weighted by Crippen LogP contribution is -2.29. The largest absolute Gasteiger partial charge is 0.462 e. The highest BCUT2D eigenvalue weighted by Crippen LogP contribution is 2.31. The number of rotatable bonds is 10. The first-order valence-electron chi connectivity index (χ1n) is 12.3. The second-order valence-corrected chi connectivity index (χ2v) is 12.1. The van der Waals surface area contributed by atoms with Gasteiger partial charge in [0.15, 0.2) is 0 Å². The zero-order valence-electron chi connectivity index (χ0n) is 21.6. The summed E-state index contributed by atoms with van der Waals surface area (Å²) in [6.45, 7) is 4.61. The van der Waals surface area contributed by atoms with Gasteiger partial charge in [-0.05, 0) is 72.8 Å². The van der Waals surface area contributed by atoms with E-state index in [0.29, 0.717) is 28.4 Å². The Morgan fingerprint density at radius 3 is 2.34 bits per heavy atom. The number of aryl methyl sites for hydroxylation is 1. The number of unbranched alkanes of at least 4 members (excludes halogenated alkanes) is 1. The van der Waals surface area contributed by atoms with Crippen LogP contribution in [-0.2, 0) is 21.3 Å². The molecule has 0 unspecified atom stereocenters. The molecule has 0 aliphatic heterocycles. The molecule has 4 aromatic rings. The van der Waals surface area contributed by atoms with Crippen molar-refractivity contribution in [2.45, 2.75) is 33.2 Å². The third-order valence-corrected chi connectivity index (χ3v) is 8.22. The van der Waals surface area contributed by atoms with Gasteiger partial charge in [-0.2, -0.15) is 0 Å². The Hall–Kier alpha value is -3.69. The van der Waals surface area contributed by atoms with Crippen LogP contribution in [0.4, 0.5) is 11.4 Å². The van der Waals surface area contributed by atoms with E-state index in [1.54, 1.807) is 42.5 Å². The predicted octanol–water partition coefficient (Wildman–Crippen LogP) is 6.39. The van der Waals surface area contributed by atoms with Crippen molar-refractivity contribution in [2.75, 3.05) is 22.5 Å². The van der Waals surface area contributed by atoms with E-state index in [1.165, 1.54) is 21.9 Å². The van der Waals surface area contributed by atoms with Crippen LogP contribution in [-0.4, -0.2) is 33.2 Å². The molecule has 0 aliphatic rings. The van der Waals surface area contributed by atoms with Crippen LogP contribution < -0.4 is 9.62 Å². The molecule has 0 atom stereocenters. The number of nitrogens with zero attached hydrogens (tertiary/aromatic N) is 1. The molecule has 0 saturated heterocycles. The fraction of sp³-hybridized carbons (Fsp3) is 0.241. The Bertz CT molecular complexity index is 1540. The summed E-state index contributed by atoms with van der Waals surface area (Å²) in [5.41, 5.74) is 3.50. The lowest BCUT2D eigenvalue weighted by molar-refractivity contribution is 0.0499. The fourth-order valence-corrected chi connectivity index (χ4v) is 5.65. The van der Waals surface area contributed by atoms with Crippen LogP contribution in [0.3, 0.4) is 0 Å². The normalized spacial score (nSPS) is 11.3. The van der Waals surface area contributed by atoms with Gasteiger partial charge in [0.05, 0.1) is 35.5 Å². The minimum absolute atomic E-state index is 0.213. The van der Waals surface area contributed by atoms with Gasteiger partial charge < -0.3 is 10.1 Å². The molecular weight excluding hydrogens is 520 g/mol. The van der Waals surface area contributed by atoms with Crippen molar-refractivity contribution in [3.63, 3.8) is 0 Å². The first kappa shape index (κ1) is 27.3. The zero-order valence-corrected chi connectivity index (χ0v) is 23.2. The molecule has 0 spiro atoms. The van der Waals surface area contributed by atoms with Crippen LogP contribution in [0.15, 0.2) is 72.8 Å². The van der Waals surface area contributed by atoms with E-state index < -0.39 is 10.0 Å². The van der Waals surface area contributed by atoms with Gasteiger partial charge >= 0.3 is 5.97 Å². The van der Waals surface area contributed by atoms with E-state index >= 15 is 0 Å². The maximum Gasteiger partial charge on any atom is 0.338 e. The van der Waals surface area contributed by atoms with Gasteiger partial charge in [0.25, 0.3) is 5.91 Å². The van der Waals surface area contributed by atoms with Crippen LogP contribution in [0.1, 0.15) is 50.9 Å². The Kier molecular flexibility index (Phi) is 8.48. The molecule has 0 saturated carbocycles. The summed E-state index contributed by atoms with van der Waals surface area (Å²) >= 11 is 1.32. The summed E-state index contributed by atoms with van der Waals surface area (Å²) in [7, 11) is -3.54. The van der Waals surface area contributed by atoms with Crippen molar-refractivity contribution in [3.8, 4) is 0 Å². The summed E-state index contributed by atoms with van der Waals surface area (Å²) in [5.74, 6) is -0.673. The van der Waals surface area contributed by atoms with Gasteiger partial charge in [0.2, 0.25) is 10.0 Å². The lowest BCUT2D eigenvalue weighted by atomic mass is 10.1. The molecule has 9 heteroatoms. The van der Waals surface area contributed by atoms with Crippen molar-refractivity contribution in [2.24, 2.45) is 0 Å². The molecule has 0 bridgehead atoms. The number of thiophene rings is 1. The third kappa shape index (κ3) is 6.79. The molecule has 4 rings (SSSR count). The highest BCUT2D eigenvalue weighted by molar-refractivity contribution is 7.92. The number of nitrogens with one attached hydrogen (secondary N) is 1. The van der Waals surface area contributed by atoms with Crippen molar-refractivity contribution >= 4 is 54.7 Å². The second-order valence-electron chi connectivity index (χ2n) is 9.11. The van der Waals surface area contributed by atoms with E-state index in [0.717, 1.165) is 34.1 Å². The van der Waals surface area contributed by atoms with E-state index in [2.05, 4.69) is 5.32 Å². The Morgan fingerprint density at radius 1 is 0.974 bits per heavy atom. The fourth-order valence-electron chi connectivity index (χ4n) is 3.83. The minimum atomic E-state index is -3.54. The van der Waals surface area contributed by atoms with E-state index in [-0.39, 0.29) is 18.4 Å². The number of sulfonamides is 1. The van der Waals surface area contributed by atoms with Crippen molar-refractivity contribution in [1.29, 1.82) is 0 Å². The van der Waals surface area contributed by atoms with E-state index in [1.807, 2.05) is 44.2 Å². The average Bonchev–Trinajstić information content (AvgIpc) is 3.32. The van der Waals surface area contributed by atoms with Crippen LogP contribution >= 0.6 is 11.3 Å². The number of carbonyl (C=O) groups is 2. The number of ether oxygens (including phenoxy) is 1. The molecule has 198 valence electrons. The number of amides is 1. The Labute approximate surface area is 227 Å². The molecule has 1 heterocycles. The molecule has 38 heavy (non-hydrogen) atoms. The molecule has 0 fully saturated rings. The summed E-state index contributed by atoms with van der Waals surface area (Å²) in [4.78, 5) is 25.5. The summed E-state index contributed by atoms with van der Waals surface area (Å²) < 4.78 is 32.7. The van der Waals surface area contributed by atoms with E-state index in [9.17, 15) is 18.0 Å². The standard InChI is InChI=1S/C29H30N2O5S2/c1-4-5-16-36-29(33)22-10-12-24(13-11-22)30-28(32)27-18-23-17-25(14-15-26(23)37-27)31(38(3,34)35)19-21-8-6-20(2)7-9-21/h6-15,17-18H,4-5,16,19H2,1-3H3,(H,30,32). The van der Waals surface area contributed by atoms with Crippen LogP contribution in [0.25, 0.3) is 10.1 Å². The van der Waals surface area contributed by atoms with Gasteiger partial charge in [0.1, 0.15) is 0 Å². The van der Waals surface area contributed by atoms with Crippen LogP contribution in [0.2, 0.25) is 0 Å². The monoisotopic (exact) mass is 550 g/mol. The van der Waals surface area contributed by atoms with E-state index in [4.69, 9.17) is 4.74 Å². The van der Waals surface area contributed by atoms with Gasteiger partial charge in [-0.15, -0.1) is 11.3 Å². The van der Waals surface area contributed by atoms with Crippen LogP contribution in [0.5, 0.6) is 0 Å². The smallest absolute Gasteiger partial charge is 0.338 e. The highest BCUT2D eigenvalue weighted by atomic mass is 32.2. The summed E-state index contributed by atoms with van der Waals surface area (Å²) in [6, 6.07) is 21.4. The maximum absolute atomic E-state index is 12.9. The third-order valence-electron chi connectivity index (χ3n) is 5.97. The molecular formula is C29H30N2O5S2. The number of hydrogen-bond donors (Lipinski definition) is 1. The number of esters is 1. The van der Waals surface area contributed by atoms with Crippen molar-refractivity contribution < 1.29 is 22.7 Å². The second kappa shape index (κ2) is 11.8. The van der Waals surface area contributed by atoms with Crippen molar-refractivity contribution in [3.05, 3.63) is 94.4 Å². The number of fused-ring (bicyclic) bond motifs is 1. The van der Waals surface area contributed by atoms with Gasteiger partial charge in [0, 0.05) is 10.4 Å². The summed E-state index contributed by atoms with van der Waals surface area (Å²) in [5, 5.41) is 3.63. The number of carbonyl (C=O) groups excluding carboxylic acids is 2. The molecule has 0 aliphatic carbocycles. The van der Waals surface area contributed by atoms with Crippen LogP contribution in [0, 0.1) is 6.92 Å². The zero-order chi connectivity index (χ0) is 27.3. The summed E-state index contributed by atoms with van der Waals surface area (Å²) in [6.07, 6.45) is 2.95. The van der Waals surface area contributed by atoms with Gasteiger partial charge in [-0.3, -0.25) is 9.10 Å². The lowest BCUT2D eigenvalue weighted by Gasteiger charge is -2.22. The maximum atomic E-state index is 12.9. The quantitative estimate of drug-likeness (QED) is 0.183. The Balaban J connectivity index is 1.49. The first-order valence-corrected chi connectivity index (χ1v) is 15.0. The molecule has 1 amide bonds. The average molecular weight is 551 g/mol. The highest BCUT2D eigenvalue weighted by Gasteiger charge is 2.19. The Morgan fingerprint density at radius 2 is 1.68 bits per heavy atom. The predicted molar refractivity (Wildman–Crippen MR) is 154 cm³/mol. The number of benzene rings is 3. The number of hydrogen-bond acceptors (Lipinski definition) is 6. The topological polar surface area (TPSA) is 92.8 Å². The molecule has 1 aromatic heterocycles. The van der Waals surface area contributed by atoms with Crippen molar-refractivity contribution in [1.82, 2.24) is 0 Å². The molecule has 0 radical (unpaired) electrons. The van der Waals surface area contributed by atoms with Gasteiger partial charge in [-0.25, -0.2) is 13.2 Å².